The lowest BCUT2D eigenvalue weighted by Crippen LogP contribution is -2.33. The molecule has 0 spiro atoms. The first-order valence-electron chi connectivity index (χ1n) is 6.74. The molecule has 0 aromatic heterocycles. The highest BCUT2D eigenvalue weighted by atomic mass is 31.2. The summed E-state index contributed by atoms with van der Waals surface area (Å²) in [5.41, 5.74) is 0. The highest BCUT2D eigenvalue weighted by Gasteiger charge is 2.26. The van der Waals surface area contributed by atoms with Gasteiger partial charge < -0.3 is 13.8 Å². The van der Waals surface area contributed by atoms with Gasteiger partial charge in [-0.1, -0.05) is 0 Å². The van der Waals surface area contributed by atoms with Gasteiger partial charge in [0, 0.05) is 25.8 Å². The third-order valence-electron chi connectivity index (χ3n) is 2.36. The minimum Gasteiger partial charge on any atom is -0.385 e. The molecule has 0 fully saturated rings. The van der Waals surface area contributed by atoms with E-state index in [1.54, 1.807) is 7.11 Å². The van der Waals surface area contributed by atoms with E-state index in [2.05, 4.69) is 38.4 Å². The van der Waals surface area contributed by atoms with Gasteiger partial charge in [0.25, 0.3) is 8.53 Å². The zero-order chi connectivity index (χ0) is 14.7. The van der Waals surface area contributed by atoms with Gasteiger partial charge in [-0.2, -0.15) is 5.26 Å². The molecule has 112 valence electrons. The fraction of sp³-hybridized carbons (Fsp3) is 0.923. The van der Waals surface area contributed by atoms with E-state index in [0.29, 0.717) is 38.3 Å². The Morgan fingerprint density at radius 1 is 1.05 bits per heavy atom. The van der Waals surface area contributed by atoms with Gasteiger partial charge in [0.2, 0.25) is 0 Å². The Hall–Kier alpha value is -0.240. The van der Waals surface area contributed by atoms with E-state index in [1.165, 1.54) is 0 Å². The van der Waals surface area contributed by atoms with Gasteiger partial charge in [-0.15, -0.1) is 0 Å². The maximum Gasteiger partial charge on any atom is 0.259 e. The molecule has 0 rings (SSSR count). The highest BCUT2D eigenvalue weighted by molar-refractivity contribution is 7.44. The first-order valence-corrected chi connectivity index (χ1v) is 7.87. The van der Waals surface area contributed by atoms with E-state index in [0.717, 1.165) is 6.42 Å². The quantitative estimate of drug-likeness (QED) is 0.431. The molecule has 0 saturated heterocycles. The normalized spacial score (nSPS) is 13.2. The molecule has 19 heavy (non-hydrogen) atoms. The molecule has 0 bridgehead atoms. The molecule has 5 nitrogen and oxygen atoms in total. The molecule has 0 aliphatic heterocycles. The van der Waals surface area contributed by atoms with Crippen molar-refractivity contribution in [2.24, 2.45) is 0 Å². The van der Waals surface area contributed by atoms with Gasteiger partial charge in [-0.25, -0.2) is 4.67 Å². The predicted molar refractivity (Wildman–Crippen MR) is 77.7 cm³/mol. The Bertz CT molecular complexity index is 249. The summed E-state index contributed by atoms with van der Waals surface area (Å²) in [4.78, 5) is 0. The van der Waals surface area contributed by atoms with Crippen LogP contribution in [0.1, 0.15) is 40.5 Å². The number of ether oxygens (including phenoxy) is 1. The van der Waals surface area contributed by atoms with Crippen molar-refractivity contribution in [3.05, 3.63) is 0 Å². The summed E-state index contributed by atoms with van der Waals surface area (Å²) in [6.07, 6.45) is 1.24. The number of nitrogens with zero attached hydrogens (tertiary/aromatic N) is 2. The van der Waals surface area contributed by atoms with Crippen molar-refractivity contribution in [1.29, 1.82) is 5.26 Å². The molecule has 1 atom stereocenters. The maximum absolute atomic E-state index is 8.59. The van der Waals surface area contributed by atoms with Crippen LogP contribution in [0.4, 0.5) is 0 Å². The SMILES string of the molecule is COCCCOP(OCCC#N)N(C(C)C)C(C)C. The van der Waals surface area contributed by atoms with Gasteiger partial charge in [0.05, 0.1) is 25.7 Å². The molecule has 0 aliphatic carbocycles. The van der Waals surface area contributed by atoms with Crippen molar-refractivity contribution in [2.45, 2.75) is 52.6 Å². The number of hydrogen-bond acceptors (Lipinski definition) is 5. The van der Waals surface area contributed by atoms with Crippen molar-refractivity contribution in [2.75, 3.05) is 26.9 Å². The zero-order valence-electron chi connectivity index (χ0n) is 12.8. The van der Waals surface area contributed by atoms with E-state index >= 15 is 0 Å². The summed E-state index contributed by atoms with van der Waals surface area (Å²) in [7, 11) is 0.577. The molecule has 0 N–H and O–H groups in total. The molecule has 0 heterocycles. The summed E-state index contributed by atoms with van der Waals surface area (Å²) in [5, 5.41) is 8.59. The van der Waals surface area contributed by atoms with Crippen LogP contribution in [0.5, 0.6) is 0 Å². The van der Waals surface area contributed by atoms with E-state index in [1.807, 2.05) is 0 Å². The van der Waals surface area contributed by atoms with Crippen molar-refractivity contribution in [1.82, 2.24) is 4.67 Å². The third kappa shape index (κ3) is 8.52. The van der Waals surface area contributed by atoms with Gasteiger partial charge in [-0.3, -0.25) is 0 Å². The Balaban J connectivity index is 4.40. The van der Waals surface area contributed by atoms with Crippen LogP contribution in [0.3, 0.4) is 0 Å². The fourth-order valence-corrected chi connectivity index (χ4v) is 3.29. The van der Waals surface area contributed by atoms with Crippen LogP contribution < -0.4 is 0 Å². The Kier molecular flexibility index (Phi) is 11.4. The number of hydrogen-bond donors (Lipinski definition) is 0. The summed E-state index contributed by atoms with van der Waals surface area (Å²) in [6, 6.07) is 2.77. The van der Waals surface area contributed by atoms with E-state index in [9.17, 15) is 0 Å². The topological polar surface area (TPSA) is 54.7 Å². The molecule has 0 aromatic carbocycles. The van der Waals surface area contributed by atoms with Gasteiger partial charge in [0.1, 0.15) is 0 Å². The van der Waals surface area contributed by atoms with E-state index in [4.69, 9.17) is 19.0 Å². The minimum absolute atomic E-state index is 0.343. The third-order valence-corrected chi connectivity index (χ3v) is 4.46. The summed E-state index contributed by atoms with van der Waals surface area (Å²) in [5.74, 6) is 0. The largest absolute Gasteiger partial charge is 0.385 e. The average molecular weight is 290 g/mol. The van der Waals surface area contributed by atoms with E-state index < -0.39 is 8.53 Å². The van der Waals surface area contributed by atoms with Crippen LogP contribution in [0.15, 0.2) is 0 Å². The summed E-state index contributed by atoms with van der Waals surface area (Å²) < 4.78 is 18.8. The second-order valence-corrected chi connectivity index (χ2v) is 6.18. The van der Waals surface area contributed by atoms with Crippen LogP contribution in [0.25, 0.3) is 0 Å². The molecule has 0 aliphatic rings. The van der Waals surface area contributed by atoms with Crippen LogP contribution in [0.2, 0.25) is 0 Å². The molecular weight excluding hydrogens is 263 g/mol. The number of rotatable bonds is 11. The van der Waals surface area contributed by atoms with Crippen molar-refractivity contribution in [3.8, 4) is 6.07 Å². The molecule has 6 heteroatoms. The second kappa shape index (κ2) is 11.6. The molecule has 0 radical (unpaired) electrons. The van der Waals surface area contributed by atoms with Crippen molar-refractivity contribution in [3.63, 3.8) is 0 Å². The standard InChI is InChI=1S/C13H27N2O3P/c1-12(2)15(13(3)4)19(17-10-6-8-14)18-11-7-9-16-5/h12-13H,6-7,9-11H2,1-5H3. The highest BCUT2D eigenvalue weighted by Crippen LogP contribution is 2.45. The van der Waals surface area contributed by atoms with Crippen molar-refractivity contribution < 1.29 is 13.8 Å². The average Bonchev–Trinajstić information content (AvgIpc) is 2.33. The lowest BCUT2D eigenvalue weighted by atomic mass is 10.3. The minimum atomic E-state index is -1.10. The van der Waals surface area contributed by atoms with Crippen LogP contribution in [-0.4, -0.2) is 43.7 Å². The van der Waals surface area contributed by atoms with Gasteiger partial charge in [0.15, 0.2) is 0 Å². The first kappa shape index (κ1) is 18.8. The monoisotopic (exact) mass is 290 g/mol. The lowest BCUT2D eigenvalue weighted by Gasteiger charge is -2.35. The number of nitriles is 1. The molecule has 0 amide bonds. The maximum atomic E-state index is 8.59. The summed E-state index contributed by atoms with van der Waals surface area (Å²) >= 11 is 0. The smallest absolute Gasteiger partial charge is 0.259 e. The number of methoxy groups -OCH3 is 1. The molecule has 0 aromatic rings. The zero-order valence-corrected chi connectivity index (χ0v) is 13.7. The van der Waals surface area contributed by atoms with Gasteiger partial charge in [-0.05, 0) is 34.1 Å². The van der Waals surface area contributed by atoms with Crippen LogP contribution in [-0.2, 0) is 13.8 Å². The summed E-state index contributed by atoms with van der Waals surface area (Å²) in [6.45, 7) is 10.2. The van der Waals surface area contributed by atoms with Crippen molar-refractivity contribution >= 4 is 8.53 Å². The first-order chi connectivity index (χ1) is 9.04. The van der Waals surface area contributed by atoms with E-state index in [-0.39, 0.29) is 0 Å². The van der Waals surface area contributed by atoms with Crippen LogP contribution in [0, 0.1) is 11.3 Å². The lowest BCUT2D eigenvalue weighted by molar-refractivity contribution is 0.147. The second-order valence-electron chi connectivity index (χ2n) is 4.73. The predicted octanol–water partition coefficient (Wildman–Crippen LogP) is 3.32. The molecule has 0 saturated carbocycles. The Morgan fingerprint density at radius 2 is 1.63 bits per heavy atom. The van der Waals surface area contributed by atoms with Gasteiger partial charge >= 0.3 is 0 Å². The molecular formula is C13H27N2O3P. The Labute approximate surface area is 118 Å². The molecule has 1 unspecified atom stereocenters. The van der Waals surface area contributed by atoms with Crippen LogP contribution >= 0.6 is 8.53 Å². The fourth-order valence-electron chi connectivity index (χ4n) is 1.66. The Morgan fingerprint density at radius 3 is 2.11 bits per heavy atom.